The van der Waals surface area contributed by atoms with E-state index in [2.05, 4.69) is 30.7 Å². The Morgan fingerprint density at radius 1 is 1.33 bits per heavy atom. The fourth-order valence-electron chi connectivity index (χ4n) is 1.87. The molecule has 1 atom stereocenters. The molecule has 0 N–H and O–H groups in total. The van der Waals surface area contributed by atoms with Crippen molar-refractivity contribution in [1.29, 1.82) is 0 Å². The van der Waals surface area contributed by atoms with Crippen LogP contribution in [0, 0.1) is 0 Å². The van der Waals surface area contributed by atoms with Crippen LogP contribution in [0.25, 0.3) is 0 Å². The normalized spacial score (nSPS) is 27.8. The average Bonchev–Trinajstić information content (AvgIpc) is 2.03. The van der Waals surface area contributed by atoms with Crippen LogP contribution in [0.15, 0.2) is 0 Å². The fraction of sp³-hybridized carbons (Fsp3) is 1.00. The second kappa shape index (κ2) is 4.83. The van der Waals surface area contributed by atoms with Gasteiger partial charge in [-0.3, -0.25) is 4.90 Å². The molecule has 1 fully saturated rings. The molecule has 2 heteroatoms. The molecule has 1 heterocycles. The second-order valence-corrected chi connectivity index (χ2v) is 4.00. The number of unbranched alkanes of at least 4 members (excludes halogenated alkanes) is 1. The Balaban J connectivity index is 2.25. The standard InChI is InChI=1S/C10H22N2/c1-4-5-6-12-8-7-11(3)9-10(12)2/h10H,4-9H2,1-3H3/t10-/m1/s1. The third-order valence-corrected chi connectivity index (χ3v) is 2.77. The topological polar surface area (TPSA) is 6.48 Å². The van der Waals surface area contributed by atoms with Crippen molar-refractivity contribution in [2.75, 3.05) is 33.2 Å². The minimum absolute atomic E-state index is 0.760. The van der Waals surface area contributed by atoms with E-state index in [1.807, 2.05) is 0 Å². The van der Waals surface area contributed by atoms with E-state index in [4.69, 9.17) is 0 Å². The van der Waals surface area contributed by atoms with Crippen LogP contribution in [-0.4, -0.2) is 49.1 Å². The van der Waals surface area contributed by atoms with Gasteiger partial charge in [0, 0.05) is 25.7 Å². The summed E-state index contributed by atoms with van der Waals surface area (Å²) in [6, 6.07) is 0.760. The van der Waals surface area contributed by atoms with Gasteiger partial charge in [-0.25, -0.2) is 0 Å². The first-order chi connectivity index (χ1) is 5.74. The Morgan fingerprint density at radius 2 is 2.08 bits per heavy atom. The molecule has 1 aliphatic rings. The van der Waals surface area contributed by atoms with Crippen molar-refractivity contribution in [1.82, 2.24) is 9.80 Å². The summed E-state index contributed by atoms with van der Waals surface area (Å²) in [6.07, 6.45) is 2.67. The van der Waals surface area contributed by atoms with Gasteiger partial charge in [-0.2, -0.15) is 0 Å². The lowest BCUT2D eigenvalue weighted by Crippen LogP contribution is -2.50. The van der Waals surface area contributed by atoms with Gasteiger partial charge >= 0.3 is 0 Å². The lowest BCUT2D eigenvalue weighted by atomic mass is 10.2. The van der Waals surface area contributed by atoms with Crippen LogP contribution in [0.1, 0.15) is 26.7 Å². The molecule has 0 saturated carbocycles. The fourth-order valence-corrected chi connectivity index (χ4v) is 1.87. The highest BCUT2D eigenvalue weighted by Crippen LogP contribution is 2.08. The highest BCUT2D eigenvalue weighted by Gasteiger charge is 2.19. The Hall–Kier alpha value is -0.0800. The third kappa shape index (κ3) is 2.76. The van der Waals surface area contributed by atoms with Crippen LogP contribution in [0.5, 0.6) is 0 Å². The predicted molar refractivity (Wildman–Crippen MR) is 53.4 cm³/mol. The van der Waals surface area contributed by atoms with Crippen LogP contribution in [0.3, 0.4) is 0 Å². The van der Waals surface area contributed by atoms with Crippen molar-refractivity contribution < 1.29 is 0 Å². The van der Waals surface area contributed by atoms with E-state index in [1.165, 1.54) is 39.0 Å². The smallest absolute Gasteiger partial charge is 0.0195 e. The van der Waals surface area contributed by atoms with Crippen LogP contribution < -0.4 is 0 Å². The van der Waals surface area contributed by atoms with Crippen LogP contribution in [0.4, 0.5) is 0 Å². The third-order valence-electron chi connectivity index (χ3n) is 2.77. The number of rotatable bonds is 3. The van der Waals surface area contributed by atoms with Crippen molar-refractivity contribution in [2.45, 2.75) is 32.7 Å². The van der Waals surface area contributed by atoms with Gasteiger partial charge in [-0.05, 0) is 26.9 Å². The molecule has 0 spiro atoms. The number of piperazine rings is 1. The summed E-state index contributed by atoms with van der Waals surface area (Å²) in [7, 11) is 2.22. The molecule has 1 saturated heterocycles. The SMILES string of the molecule is CCCCN1CCN(C)C[C@H]1C. The first-order valence-corrected chi connectivity index (χ1v) is 5.16. The van der Waals surface area contributed by atoms with E-state index in [-0.39, 0.29) is 0 Å². The Morgan fingerprint density at radius 3 is 2.67 bits per heavy atom. The summed E-state index contributed by atoms with van der Waals surface area (Å²) in [5.41, 5.74) is 0. The molecule has 0 unspecified atom stereocenters. The maximum absolute atomic E-state index is 2.61. The van der Waals surface area contributed by atoms with Gasteiger partial charge in [0.2, 0.25) is 0 Å². The van der Waals surface area contributed by atoms with Crippen molar-refractivity contribution in [2.24, 2.45) is 0 Å². The van der Waals surface area contributed by atoms with Gasteiger partial charge < -0.3 is 4.90 Å². The molecule has 0 bridgehead atoms. The average molecular weight is 170 g/mol. The van der Waals surface area contributed by atoms with E-state index >= 15 is 0 Å². The minimum atomic E-state index is 0.760. The Labute approximate surface area is 76.5 Å². The Kier molecular flexibility index (Phi) is 4.02. The zero-order chi connectivity index (χ0) is 8.97. The maximum atomic E-state index is 2.61. The molecule has 1 aliphatic heterocycles. The second-order valence-electron chi connectivity index (χ2n) is 4.00. The molecule has 0 aromatic rings. The van der Waals surface area contributed by atoms with Gasteiger partial charge in [0.25, 0.3) is 0 Å². The van der Waals surface area contributed by atoms with E-state index in [0.29, 0.717) is 0 Å². The summed E-state index contributed by atoms with van der Waals surface area (Å²) in [5, 5.41) is 0. The van der Waals surface area contributed by atoms with Gasteiger partial charge in [0.05, 0.1) is 0 Å². The molecule has 0 radical (unpaired) electrons. The summed E-state index contributed by atoms with van der Waals surface area (Å²) in [6.45, 7) is 9.65. The summed E-state index contributed by atoms with van der Waals surface area (Å²) in [5.74, 6) is 0. The molecule has 0 aliphatic carbocycles. The molecule has 0 aromatic carbocycles. The highest BCUT2D eigenvalue weighted by molar-refractivity contribution is 4.76. The zero-order valence-electron chi connectivity index (χ0n) is 8.71. The number of hydrogen-bond donors (Lipinski definition) is 0. The predicted octanol–water partition coefficient (Wildman–Crippen LogP) is 1.42. The molecule has 1 rings (SSSR count). The molecule has 72 valence electrons. The Bertz CT molecular complexity index is 123. The zero-order valence-corrected chi connectivity index (χ0v) is 8.71. The lowest BCUT2D eigenvalue weighted by molar-refractivity contribution is 0.0990. The van der Waals surface area contributed by atoms with Crippen molar-refractivity contribution in [3.8, 4) is 0 Å². The van der Waals surface area contributed by atoms with Crippen LogP contribution >= 0.6 is 0 Å². The first kappa shape index (κ1) is 10.0. The summed E-state index contributed by atoms with van der Waals surface area (Å²) in [4.78, 5) is 5.04. The van der Waals surface area contributed by atoms with Gasteiger partial charge in [-0.15, -0.1) is 0 Å². The summed E-state index contributed by atoms with van der Waals surface area (Å²) >= 11 is 0. The highest BCUT2D eigenvalue weighted by atomic mass is 15.3. The van der Waals surface area contributed by atoms with Crippen LogP contribution in [-0.2, 0) is 0 Å². The van der Waals surface area contributed by atoms with E-state index < -0.39 is 0 Å². The number of hydrogen-bond acceptors (Lipinski definition) is 2. The first-order valence-electron chi connectivity index (χ1n) is 5.16. The van der Waals surface area contributed by atoms with Crippen molar-refractivity contribution in [3.63, 3.8) is 0 Å². The van der Waals surface area contributed by atoms with Crippen molar-refractivity contribution >= 4 is 0 Å². The van der Waals surface area contributed by atoms with Crippen LogP contribution in [0.2, 0.25) is 0 Å². The van der Waals surface area contributed by atoms with Gasteiger partial charge in [-0.1, -0.05) is 13.3 Å². The number of nitrogens with zero attached hydrogens (tertiary/aromatic N) is 2. The molecule has 0 amide bonds. The monoisotopic (exact) mass is 170 g/mol. The van der Waals surface area contributed by atoms with Gasteiger partial charge in [0.15, 0.2) is 0 Å². The van der Waals surface area contributed by atoms with E-state index in [1.54, 1.807) is 0 Å². The largest absolute Gasteiger partial charge is 0.304 e. The molecule has 2 nitrogen and oxygen atoms in total. The van der Waals surface area contributed by atoms with Gasteiger partial charge in [0.1, 0.15) is 0 Å². The lowest BCUT2D eigenvalue weighted by Gasteiger charge is -2.38. The number of likely N-dealkylation sites (N-methyl/N-ethyl adjacent to an activating group) is 1. The summed E-state index contributed by atoms with van der Waals surface area (Å²) < 4.78 is 0. The quantitative estimate of drug-likeness (QED) is 0.632. The molecular formula is C10H22N2. The minimum Gasteiger partial charge on any atom is -0.304 e. The van der Waals surface area contributed by atoms with Crippen molar-refractivity contribution in [3.05, 3.63) is 0 Å². The van der Waals surface area contributed by atoms with E-state index in [9.17, 15) is 0 Å². The maximum Gasteiger partial charge on any atom is 0.0195 e. The molecule has 12 heavy (non-hydrogen) atoms. The molecular weight excluding hydrogens is 148 g/mol. The molecule has 0 aromatic heterocycles. The van der Waals surface area contributed by atoms with E-state index in [0.717, 1.165) is 6.04 Å².